The molecule has 39 heavy (non-hydrogen) atoms. The quantitative estimate of drug-likeness (QED) is 0.214. The molecule has 2 N–H and O–H groups in total. The summed E-state index contributed by atoms with van der Waals surface area (Å²) < 4.78 is 17.3. The van der Waals surface area contributed by atoms with Crippen LogP contribution in [0.15, 0.2) is 48.3 Å². The van der Waals surface area contributed by atoms with Crippen molar-refractivity contribution in [3.8, 4) is 11.5 Å². The van der Waals surface area contributed by atoms with E-state index in [4.69, 9.17) is 37.4 Å². The SMILES string of the molecule is C=C(Cl)C(=O)Nc1cc2c(Nc3ccc(OCC4CC4)c(Cl)c3)ncnc2cc1OCCCN1CCOCC1. The summed E-state index contributed by atoms with van der Waals surface area (Å²) in [4.78, 5) is 23.6. The number of anilines is 3. The summed E-state index contributed by atoms with van der Waals surface area (Å²) in [5.41, 5.74) is 1.83. The number of nitrogens with one attached hydrogen (secondary N) is 2. The number of benzene rings is 2. The summed E-state index contributed by atoms with van der Waals surface area (Å²) >= 11 is 12.3. The Kier molecular flexibility index (Phi) is 9.03. The molecule has 0 atom stereocenters. The Bertz CT molecular complexity index is 1350. The van der Waals surface area contributed by atoms with E-state index in [1.54, 1.807) is 18.2 Å². The van der Waals surface area contributed by atoms with E-state index in [-0.39, 0.29) is 5.03 Å². The van der Waals surface area contributed by atoms with Crippen molar-refractivity contribution in [2.75, 3.05) is 56.7 Å². The van der Waals surface area contributed by atoms with Crippen LogP contribution in [-0.2, 0) is 9.53 Å². The zero-order chi connectivity index (χ0) is 27.2. The largest absolute Gasteiger partial charge is 0.492 e. The number of fused-ring (bicyclic) bond motifs is 1. The predicted octanol–water partition coefficient (Wildman–Crippen LogP) is 5.61. The Morgan fingerprint density at radius 1 is 1.13 bits per heavy atom. The predicted molar refractivity (Wildman–Crippen MR) is 153 cm³/mol. The molecule has 0 bridgehead atoms. The van der Waals surface area contributed by atoms with Crippen molar-refractivity contribution >= 4 is 57.2 Å². The van der Waals surface area contributed by atoms with Gasteiger partial charge in [-0.05, 0) is 49.4 Å². The molecule has 206 valence electrons. The fourth-order valence-corrected chi connectivity index (χ4v) is 4.49. The van der Waals surface area contributed by atoms with Crippen LogP contribution in [0.4, 0.5) is 17.2 Å². The first kappa shape index (κ1) is 27.5. The number of aromatic nitrogens is 2. The molecule has 11 heteroatoms. The number of rotatable bonds is 12. The standard InChI is InChI=1S/C28H31Cl2N5O4/c1-18(29)28(36)34-24-14-21-23(15-26(24)38-10-2-7-35-8-11-37-12-9-35)31-17-32-27(21)33-20-5-6-25(22(30)13-20)39-16-19-3-4-19/h5-6,13-15,17,19H,1-4,7-12,16H2,(H,34,36)(H,31,32,33). The third kappa shape index (κ3) is 7.51. The minimum Gasteiger partial charge on any atom is -0.492 e. The number of morpholine rings is 1. The van der Waals surface area contributed by atoms with Gasteiger partial charge in [-0.3, -0.25) is 9.69 Å². The second kappa shape index (κ2) is 12.8. The van der Waals surface area contributed by atoms with Gasteiger partial charge in [-0.2, -0.15) is 0 Å². The Morgan fingerprint density at radius 2 is 1.95 bits per heavy atom. The van der Waals surface area contributed by atoms with Crippen LogP contribution in [0.25, 0.3) is 10.9 Å². The summed E-state index contributed by atoms with van der Waals surface area (Å²) in [6.45, 7) is 8.93. The van der Waals surface area contributed by atoms with E-state index in [1.807, 2.05) is 12.1 Å². The van der Waals surface area contributed by atoms with Crippen molar-refractivity contribution in [2.24, 2.45) is 5.92 Å². The van der Waals surface area contributed by atoms with Gasteiger partial charge in [0.1, 0.15) is 23.6 Å². The number of amides is 1. The second-order valence-corrected chi connectivity index (χ2v) is 10.5. The van der Waals surface area contributed by atoms with Crippen molar-refractivity contribution in [3.63, 3.8) is 0 Å². The Balaban J connectivity index is 1.34. The smallest absolute Gasteiger partial charge is 0.266 e. The summed E-state index contributed by atoms with van der Waals surface area (Å²) in [5.74, 6) is 1.80. The molecule has 1 saturated heterocycles. The van der Waals surface area contributed by atoms with Crippen LogP contribution in [0.5, 0.6) is 11.5 Å². The number of ether oxygens (including phenoxy) is 3. The van der Waals surface area contributed by atoms with Gasteiger partial charge >= 0.3 is 0 Å². The van der Waals surface area contributed by atoms with Crippen LogP contribution < -0.4 is 20.1 Å². The summed E-state index contributed by atoms with van der Waals surface area (Å²) in [7, 11) is 0. The number of halogens is 2. The lowest BCUT2D eigenvalue weighted by Crippen LogP contribution is -2.37. The van der Waals surface area contributed by atoms with Gasteiger partial charge in [0.15, 0.2) is 0 Å². The molecule has 1 aliphatic carbocycles. The maximum absolute atomic E-state index is 12.4. The van der Waals surface area contributed by atoms with Gasteiger partial charge in [-0.15, -0.1) is 0 Å². The molecule has 2 fully saturated rings. The van der Waals surface area contributed by atoms with Crippen molar-refractivity contribution < 1.29 is 19.0 Å². The monoisotopic (exact) mass is 571 g/mol. The molecule has 1 saturated carbocycles. The van der Waals surface area contributed by atoms with Gasteiger partial charge in [0, 0.05) is 36.8 Å². The maximum Gasteiger partial charge on any atom is 0.266 e. The van der Waals surface area contributed by atoms with Crippen LogP contribution in [0.2, 0.25) is 5.02 Å². The maximum atomic E-state index is 12.4. The molecule has 5 rings (SSSR count). The zero-order valence-electron chi connectivity index (χ0n) is 21.6. The van der Waals surface area contributed by atoms with Crippen molar-refractivity contribution in [1.29, 1.82) is 0 Å². The minimum absolute atomic E-state index is 0.130. The van der Waals surface area contributed by atoms with Crippen molar-refractivity contribution in [3.05, 3.63) is 53.3 Å². The normalized spacial score (nSPS) is 15.6. The van der Waals surface area contributed by atoms with E-state index in [2.05, 4.69) is 32.1 Å². The number of nitrogens with zero attached hydrogens (tertiary/aromatic N) is 3. The molecular weight excluding hydrogens is 541 g/mol. The van der Waals surface area contributed by atoms with E-state index in [9.17, 15) is 4.79 Å². The van der Waals surface area contributed by atoms with Crippen LogP contribution >= 0.6 is 23.2 Å². The van der Waals surface area contributed by atoms with E-state index >= 15 is 0 Å². The first-order chi connectivity index (χ1) is 19.0. The number of carbonyl (C=O) groups excluding carboxylic acids is 1. The molecule has 9 nitrogen and oxygen atoms in total. The summed E-state index contributed by atoms with van der Waals surface area (Å²) in [6, 6.07) is 9.07. The van der Waals surface area contributed by atoms with Crippen molar-refractivity contribution in [2.45, 2.75) is 19.3 Å². The van der Waals surface area contributed by atoms with Crippen LogP contribution in [0.3, 0.4) is 0 Å². The van der Waals surface area contributed by atoms with Crippen molar-refractivity contribution in [1.82, 2.24) is 14.9 Å². The van der Waals surface area contributed by atoms with E-state index in [0.717, 1.165) is 45.0 Å². The van der Waals surface area contributed by atoms with Gasteiger partial charge in [0.2, 0.25) is 0 Å². The molecule has 1 aliphatic heterocycles. The van der Waals surface area contributed by atoms with Gasteiger partial charge in [0.05, 0.1) is 47.7 Å². The molecule has 2 aliphatic rings. The van der Waals surface area contributed by atoms with E-state index < -0.39 is 5.91 Å². The van der Waals surface area contributed by atoms with Crippen LogP contribution in [0, 0.1) is 5.92 Å². The van der Waals surface area contributed by atoms with Gasteiger partial charge in [0.25, 0.3) is 5.91 Å². The molecule has 0 unspecified atom stereocenters. The third-order valence-electron chi connectivity index (χ3n) is 6.58. The Morgan fingerprint density at radius 3 is 2.69 bits per heavy atom. The second-order valence-electron chi connectivity index (χ2n) is 9.63. The molecule has 1 aromatic heterocycles. The van der Waals surface area contributed by atoms with Crippen LogP contribution in [-0.4, -0.2) is 66.8 Å². The Hall–Kier alpha value is -3.11. The average molecular weight is 572 g/mol. The lowest BCUT2D eigenvalue weighted by Gasteiger charge is -2.26. The van der Waals surface area contributed by atoms with E-state index in [1.165, 1.54) is 19.2 Å². The molecule has 0 spiro atoms. The summed E-state index contributed by atoms with van der Waals surface area (Å²) in [6.07, 6.45) is 4.72. The number of hydrogen-bond donors (Lipinski definition) is 2. The van der Waals surface area contributed by atoms with Gasteiger partial charge in [-0.1, -0.05) is 29.8 Å². The minimum atomic E-state index is -0.519. The van der Waals surface area contributed by atoms with Gasteiger partial charge < -0.3 is 24.8 Å². The molecule has 2 heterocycles. The highest BCUT2D eigenvalue weighted by atomic mass is 35.5. The first-order valence-corrected chi connectivity index (χ1v) is 13.8. The fourth-order valence-electron chi connectivity index (χ4n) is 4.21. The first-order valence-electron chi connectivity index (χ1n) is 13.0. The third-order valence-corrected chi connectivity index (χ3v) is 7.04. The molecule has 1 amide bonds. The zero-order valence-corrected chi connectivity index (χ0v) is 23.1. The molecular formula is C28H31Cl2N5O4. The molecule has 3 aromatic rings. The molecule has 0 radical (unpaired) electrons. The molecule has 2 aromatic carbocycles. The highest BCUT2D eigenvalue weighted by Gasteiger charge is 2.22. The highest BCUT2D eigenvalue weighted by Crippen LogP contribution is 2.36. The number of carbonyl (C=O) groups is 1. The lowest BCUT2D eigenvalue weighted by atomic mass is 10.1. The van der Waals surface area contributed by atoms with E-state index in [0.29, 0.717) is 58.1 Å². The highest BCUT2D eigenvalue weighted by molar-refractivity contribution is 6.43. The van der Waals surface area contributed by atoms with Crippen LogP contribution in [0.1, 0.15) is 19.3 Å². The summed E-state index contributed by atoms with van der Waals surface area (Å²) in [5, 5.41) is 7.15. The topological polar surface area (TPSA) is 97.8 Å². The lowest BCUT2D eigenvalue weighted by molar-refractivity contribution is -0.112. The van der Waals surface area contributed by atoms with Gasteiger partial charge in [-0.25, -0.2) is 9.97 Å². The number of hydrogen-bond acceptors (Lipinski definition) is 8. The fraction of sp³-hybridized carbons (Fsp3) is 0.393. The average Bonchev–Trinajstić information content (AvgIpc) is 3.76. The Labute approximate surface area is 237 Å².